The number of aromatic hydroxyl groups is 1. The number of aromatic nitrogens is 4. The third kappa shape index (κ3) is 2.81. The highest BCUT2D eigenvalue weighted by Crippen LogP contribution is 2.37. The molecule has 3 N–H and O–H groups in total. The molecule has 0 spiro atoms. The SMILES string of the molecule is Cn1ncc2c(=O)[nH]c(N3CCC(O)(c4c(F)cc(O)cc4F)CC3)nc21. The number of hydrogen-bond donors (Lipinski definition) is 3. The van der Waals surface area contributed by atoms with Crippen molar-refractivity contribution in [2.24, 2.45) is 7.05 Å². The van der Waals surface area contributed by atoms with Gasteiger partial charge in [-0.2, -0.15) is 10.1 Å². The first kappa shape index (κ1) is 17.4. The summed E-state index contributed by atoms with van der Waals surface area (Å²) in [4.78, 5) is 21.0. The third-order valence-corrected chi connectivity index (χ3v) is 4.97. The van der Waals surface area contributed by atoms with Crippen LogP contribution in [0.25, 0.3) is 11.0 Å². The van der Waals surface area contributed by atoms with Crippen molar-refractivity contribution < 1.29 is 19.0 Å². The van der Waals surface area contributed by atoms with Gasteiger partial charge in [0.1, 0.15) is 22.8 Å². The second kappa shape index (κ2) is 6.02. The molecule has 0 radical (unpaired) electrons. The summed E-state index contributed by atoms with van der Waals surface area (Å²) in [5.74, 6) is -2.22. The Bertz CT molecular complexity index is 1060. The molecule has 27 heavy (non-hydrogen) atoms. The minimum atomic E-state index is -1.71. The number of hydrogen-bond acceptors (Lipinski definition) is 6. The van der Waals surface area contributed by atoms with Crippen LogP contribution in [0.15, 0.2) is 23.1 Å². The Labute approximate surface area is 151 Å². The van der Waals surface area contributed by atoms with Crippen LogP contribution in [-0.2, 0) is 12.6 Å². The maximum atomic E-state index is 14.2. The number of nitrogens with zero attached hydrogens (tertiary/aromatic N) is 4. The molecule has 0 bridgehead atoms. The van der Waals surface area contributed by atoms with E-state index in [-0.39, 0.29) is 31.5 Å². The highest BCUT2D eigenvalue weighted by Gasteiger charge is 2.39. The summed E-state index contributed by atoms with van der Waals surface area (Å²) in [5, 5.41) is 24.5. The molecular weight excluding hydrogens is 360 g/mol. The quantitative estimate of drug-likeness (QED) is 0.618. The zero-order valence-corrected chi connectivity index (χ0v) is 14.4. The van der Waals surface area contributed by atoms with Crippen LogP contribution < -0.4 is 10.5 Å². The van der Waals surface area contributed by atoms with Crippen LogP contribution in [0, 0.1) is 11.6 Å². The molecule has 1 aliphatic rings. The summed E-state index contributed by atoms with van der Waals surface area (Å²) in [5.41, 5.74) is -2.08. The first-order chi connectivity index (χ1) is 12.8. The standard InChI is InChI=1S/C17H17F2N5O3/c1-23-14-10(8-20-23)15(26)22-16(21-14)24-4-2-17(27,3-5-24)13-11(18)6-9(25)7-12(13)19/h6-8,25,27H,2-5H2,1H3,(H,21,22,26). The molecule has 0 aliphatic carbocycles. The van der Waals surface area contributed by atoms with E-state index in [9.17, 15) is 23.8 Å². The number of H-pyrrole nitrogens is 1. The number of piperidine rings is 1. The minimum Gasteiger partial charge on any atom is -0.508 e. The molecule has 3 aromatic rings. The number of rotatable bonds is 2. The Balaban J connectivity index is 1.63. The largest absolute Gasteiger partial charge is 0.508 e. The van der Waals surface area contributed by atoms with Gasteiger partial charge >= 0.3 is 0 Å². The van der Waals surface area contributed by atoms with E-state index in [1.165, 1.54) is 10.9 Å². The number of nitrogens with one attached hydrogen (secondary N) is 1. The number of fused-ring (bicyclic) bond motifs is 1. The van der Waals surface area contributed by atoms with Gasteiger partial charge in [0, 0.05) is 32.3 Å². The monoisotopic (exact) mass is 377 g/mol. The number of anilines is 1. The molecule has 10 heteroatoms. The zero-order chi connectivity index (χ0) is 19.3. The first-order valence-electron chi connectivity index (χ1n) is 8.36. The van der Waals surface area contributed by atoms with E-state index >= 15 is 0 Å². The Morgan fingerprint density at radius 2 is 1.85 bits per heavy atom. The Morgan fingerprint density at radius 3 is 2.48 bits per heavy atom. The van der Waals surface area contributed by atoms with E-state index in [0.717, 1.165) is 12.1 Å². The molecule has 0 atom stereocenters. The van der Waals surface area contributed by atoms with Crippen molar-refractivity contribution >= 4 is 17.0 Å². The van der Waals surface area contributed by atoms with Crippen LogP contribution >= 0.6 is 0 Å². The topological polar surface area (TPSA) is 107 Å². The molecule has 142 valence electrons. The lowest BCUT2D eigenvalue weighted by Gasteiger charge is -2.38. The Hall–Kier alpha value is -3.01. The predicted octanol–water partition coefficient (Wildman–Crippen LogP) is 1.13. The zero-order valence-electron chi connectivity index (χ0n) is 14.4. The second-order valence-electron chi connectivity index (χ2n) is 6.70. The molecule has 0 amide bonds. The molecular formula is C17H17F2N5O3. The average molecular weight is 377 g/mol. The van der Waals surface area contributed by atoms with Gasteiger partial charge in [-0.15, -0.1) is 0 Å². The summed E-state index contributed by atoms with van der Waals surface area (Å²) >= 11 is 0. The molecule has 3 heterocycles. The summed E-state index contributed by atoms with van der Waals surface area (Å²) in [6, 6.07) is 1.55. The Morgan fingerprint density at radius 1 is 1.22 bits per heavy atom. The van der Waals surface area contributed by atoms with E-state index < -0.39 is 28.5 Å². The summed E-state index contributed by atoms with van der Waals surface area (Å²) in [6.45, 7) is 0.450. The number of aryl methyl sites for hydroxylation is 1. The predicted molar refractivity (Wildman–Crippen MR) is 92.5 cm³/mol. The lowest BCUT2D eigenvalue weighted by molar-refractivity contribution is 0.00473. The van der Waals surface area contributed by atoms with Crippen molar-refractivity contribution in [3.8, 4) is 5.75 Å². The Kier molecular flexibility index (Phi) is 3.88. The van der Waals surface area contributed by atoms with Crippen molar-refractivity contribution in [3.63, 3.8) is 0 Å². The second-order valence-corrected chi connectivity index (χ2v) is 6.70. The van der Waals surface area contributed by atoms with Gasteiger partial charge in [0.15, 0.2) is 5.65 Å². The van der Waals surface area contributed by atoms with Gasteiger partial charge in [-0.25, -0.2) is 8.78 Å². The average Bonchev–Trinajstić information content (AvgIpc) is 2.96. The fourth-order valence-corrected chi connectivity index (χ4v) is 3.51. The molecule has 1 fully saturated rings. The lowest BCUT2D eigenvalue weighted by Crippen LogP contribution is -2.44. The molecule has 0 unspecified atom stereocenters. The van der Waals surface area contributed by atoms with Crippen LogP contribution in [0.4, 0.5) is 14.7 Å². The van der Waals surface area contributed by atoms with E-state index in [0.29, 0.717) is 17.0 Å². The van der Waals surface area contributed by atoms with Crippen molar-refractivity contribution in [2.45, 2.75) is 18.4 Å². The lowest BCUT2D eigenvalue weighted by atomic mass is 9.83. The van der Waals surface area contributed by atoms with E-state index in [1.807, 2.05) is 0 Å². The minimum absolute atomic E-state index is 0.0265. The van der Waals surface area contributed by atoms with Gasteiger partial charge in [-0.05, 0) is 12.8 Å². The smallest absolute Gasteiger partial charge is 0.263 e. The number of phenolic OH excluding ortho intramolecular Hbond substituents is 1. The summed E-state index contributed by atoms with van der Waals surface area (Å²) < 4.78 is 29.8. The molecule has 4 rings (SSSR count). The van der Waals surface area contributed by atoms with Gasteiger partial charge < -0.3 is 15.1 Å². The summed E-state index contributed by atoms with van der Waals surface area (Å²) in [6.07, 6.45) is 1.48. The molecule has 1 aromatic carbocycles. The van der Waals surface area contributed by atoms with Gasteiger partial charge in [-0.1, -0.05) is 0 Å². The normalized spacial score (nSPS) is 16.8. The van der Waals surface area contributed by atoms with Gasteiger partial charge in [-0.3, -0.25) is 14.5 Å². The highest BCUT2D eigenvalue weighted by atomic mass is 19.1. The number of benzene rings is 1. The summed E-state index contributed by atoms with van der Waals surface area (Å²) in [7, 11) is 1.67. The van der Waals surface area contributed by atoms with E-state index in [4.69, 9.17) is 0 Å². The van der Waals surface area contributed by atoms with Crippen LogP contribution in [-0.4, -0.2) is 43.1 Å². The number of halogens is 2. The van der Waals surface area contributed by atoms with E-state index in [2.05, 4.69) is 15.1 Å². The van der Waals surface area contributed by atoms with Crippen molar-refractivity contribution in [3.05, 3.63) is 45.9 Å². The van der Waals surface area contributed by atoms with Crippen molar-refractivity contribution in [2.75, 3.05) is 18.0 Å². The van der Waals surface area contributed by atoms with Gasteiger partial charge in [0.05, 0.1) is 17.4 Å². The fraction of sp³-hybridized carbons (Fsp3) is 0.353. The maximum absolute atomic E-state index is 14.2. The molecule has 1 aliphatic heterocycles. The van der Waals surface area contributed by atoms with Gasteiger partial charge in [0.2, 0.25) is 5.95 Å². The van der Waals surface area contributed by atoms with Crippen LogP contribution in [0.3, 0.4) is 0 Å². The fourth-order valence-electron chi connectivity index (χ4n) is 3.51. The number of aliphatic hydroxyl groups is 1. The van der Waals surface area contributed by atoms with Crippen LogP contribution in [0.2, 0.25) is 0 Å². The number of aromatic amines is 1. The molecule has 0 saturated carbocycles. The van der Waals surface area contributed by atoms with Crippen molar-refractivity contribution in [1.29, 1.82) is 0 Å². The van der Waals surface area contributed by atoms with Crippen LogP contribution in [0.1, 0.15) is 18.4 Å². The highest BCUT2D eigenvalue weighted by molar-refractivity contribution is 5.74. The molecule has 1 saturated heterocycles. The molecule has 8 nitrogen and oxygen atoms in total. The third-order valence-electron chi connectivity index (χ3n) is 4.97. The first-order valence-corrected chi connectivity index (χ1v) is 8.36. The molecule has 2 aromatic heterocycles. The van der Waals surface area contributed by atoms with Gasteiger partial charge in [0.25, 0.3) is 5.56 Å². The van der Waals surface area contributed by atoms with Crippen LogP contribution in [0.5, 0.6) is 5.75 Å². The van der Waals surface area contributed by atoms with E-state index in [1.54, 1.807) is 11.9 Å². The van der Waals surface area contributed by atoms with Crippen molar-refractivity contribution in [1.82, 2.24) is 19.7 Å². The number of phenols is 1. The maximum Gasteiger partial charge on any atom is 0.263 e.